The van der Waals surface area contributed by atoms with E-state index in [0.717, 1.165) is 18.7 Å². The van der Waals surface area contributed by atoms with E-state index in [1.54, 1.807) is 0 Å². The van der Waals surface area contributed by atoms with E-state index in [1.165, 1.54) is 5.56 Å². The second kappa shape index (κ2) is 8.07. The standard InChI is InChI=1S/C20H22N2O2/c21-13-16-6-8-17(9-7-16)14-22-10-11-24-15-19(22)12-20(23)18-4-2-1-3-5-18/h1-9,19-20,23H,10-12,14-15H2. The molecule has 1 fully saturated rings. The molecular weight excluding hydrogens is 300 g/mol. The number of aliphatic hydroxyl groups is 1. The number of morpholine rings is 1. The first-order valence-electron chi connectivity index (χ1n) is 8.30. The number of hydrogen-bond donors (Lipinski definition) is 1. The van der Waals surface area contributed by atoms with Gasteiger partial charge in [0, 0.05) is 19.1 Å². The van der Waals surface area contributed by atoms with Gasteiger partial charge < -0.3 is 9.84 Å². The van der Waals surface area contributed by atoms with Crippen LogP contribution in [0.1, 0.15) is 29.2 Å². The Bertz CT molecular complexity index is 679. The van der Waals surface area contributed by atoms with Crippen LogP contribution in [-0.2, 0) is 11.3 Å². The van der Waals surface area contributed by atoms with Gasteiger partial charge >= 0.3 is 0 Å². The molecule has 0 bridgehead atoms. The number of nitriles is 1. The summed E-state index contributed by atoms with van der Waals surface area (Å²) in [5.41, 5.74) is 2.80. The zero-order valence-corrected chi connectivity index (χ0v) is 13.6. The lowest BCUT2D eigenvalue weighted by Crippen LogP contribution is -2.45. The van der Waals surface area contributed by atoms with E-state index in [2.05, 4.69) is 11.0 Å². The predicted octanol–water partition coefficient (Wildman–Crippen LogP) is 2.88. The van der Waals surface area contributed by atoms with E-state index < -0.39 is 6.10 Å². The summed E-state index contributed by atoms with van der Waals surface area (Å²) >= 11 is 0. The minimum absolute atomic E-state index is 0.185. The molecule has 2 atom stereocenters. The highest BCUT2D eigenvalue weighted by Gasteiger charge is 2.26. The quantitative estimate of drug-likeness (QED) is 0.919. The Balaban J connectivity index is 1.65. The molecule has 4 nitrogen and oxygen atoms in total. The van der Waals surface area contributed by atoms with Crippen molar-refractivity contribution < 1.29 is 9.84 Å². The molecule has 0 saturated carbocycles. The van der Waals surface area contributed by atoms with Gasteiger partial charge in [0.1, 0.15) is 0 Å². The summed E-state index contributed by atoms with van der Waals surface area (Å²) in [7, 11) is 0. The van der Waals surface area contributed by atoms with Crippen molar-refractivity contribution in [2.24, 2.45) is 0 Å². The monoisotopic (exact) mass is 322 g/mol. The molecular formula is C20H22N2O2. The maximum atomic E-state index is 10.5. The van der Waals surface area contributed by atoms with E-state index in [4.69, 9.17) is 10.00 Å². The van der Waals surface area contributed by atoms with Gasteiger partial charge in [0.25, 0.3) is 0 Å². The van der Waals surface area contributed by atoms with Crippen LogP contribution in [0.2, 0.25) is 0 Å². The maximum absolute atomic E-state index is 10.5. The zero-order valence-electron chi connectivity index (χ0n) is 13.6. The summed E-state index contributed by atoms with van der Waals surface area (Å²) in [6.07, 6.45) is 0.168. The van der Waals surface area contributed by atoms with Crippen LogP contribution in [0, 0.1) is 11.3 Å². The van der Waals surface area contributed by atoms with E-state index in [-0.39, 0.29) is 6.04 Å². The van der Waals surface area contributed by atoms with Crippen LogP contribution in [0.15, 0.2) is 54.6 Å². The Labute approximate surface area is 142 Å². The average Bonchev–Trinajstić information content (AvgIpc) is 2.64. The molecule has 24 heavy (non-hydrogen) atoms. The Kier molecular flexibility index (Phi) is 5.60. The summed E-state index contributed by atoms with van der Waals surface area (Å²) < 4.78 is 5.63. The van der Waals surface area contributed by atoms with Gasteiger partial charge in [-0.15, -0.1) is 0 Å². The van der Waals surface area contributed by atoms with E-state index in [9.17, 15) is 5.11 Å². The van der Waals surface area contributed by atoms with Crippen LogP contribution in [0.5, 0.6) is 0 Å². The number of hydrogen-bond acceptors (Lipinski definition) is 4. The van der Waals surface area contributed by atoms with Gasteiger partial charge in [0.05, 0.1) is 31.0 Å². The van der Waals surface area contributed by atoms with Crippen molar-refractivity contribution in [2.75, 3.05) is 19.8 Å². The smallest absolute Gasteiger partial charge is 0.0991 e. The van der Waals surface area contributed by atoms with Gasteiger partial charge in [-0.25, -0.2) is 0 Å². The summed E-state index contributed by atoms with van der Waals surface area (Å²) in [6.45, 7) is 3.02. The van der Waals surface area contributed by atoms with Gasteiger partial charge in [0.15, 0.2) is 0 Å². The summed E-state index contributed by atoms with van der Waals surface area (Å²) in [4.78, 5) is 2.36. The molecule has 2 aromatic carbocycles. The third kappa shape index (κ3) is 4.21. The highest BCUT2D eigenvalue weighted by Crippen LogP contribution is 2.23. The number of aliphatic hydroxyl groups excluding tert-OH is 1. The Morgan fingerprint density at radius 1 is 1.17 bits per heavy atom. The van der Waals surface area contributed by atoms with Crippen molar-refractivity contribution in [1.82, 2.24) is 4.90 Å². The highest BCUT2D eigenvalue weighted by molar-refractivity contribution is 5.31. The third-order valence-corrected chi connectivity index (χ3v) is 4.50. The fourth-order valence-electron chi connectivity index (χ4n) is 3.10. The van der Waals surface area contributed by atoms with Gasteiger partial charge in [-0.3, -0.25) is 4.90 Å². The topological polar surface area (TPSA) is 56.5 Å². The highest BCUT2D eigenvalue weighted by atomic mass is 16.5. The number of ether oxygens (including phenoxy) is 1. The van der Waals surface area contributed by atoms with E-state index >= 15 is 0 Å². The average molecular weight is 322 g/mol. The van der Waals surface area contributed by atoms with Crippen LogP contribution in [0.4, 0.5) is 0 Å². The molecule has 3 rings (SSSR count). The largest absolute Gasteiger partial charge is 0.388 e. The molecule has 1 heterocycles. The summed E-state index contributed by atoms with van der Waals surface area (Å²) in [5.74, 6) is 0. The fraction of sp³-hybridized carbons (Fsp3) is 0.350. The Hall–Kier alpha value is -2.19. The lowest BCUT2D eigenvalue weighted by atomic mass is 10.00. The minimum atomic E-state index is -0.485. The molecule has 0 aromatic heterocycles. The van der Waals surface area contributed by atoms with Crippen molar-refractivity contribution in [3.8, 4) is 6.07 Å². The van der Waals surface area contributed by atoms with Crippen LogP contribution < -0.4 is 0 Å². The van der Waals surface area contributed by atoms with Gasteiger partial charge in [-0.1, -0.05) is 42.5 Å². The van der Waals surface area contributed by atoms with Crippen molar-refractivity contribution in [3.05, 3.63) is 71.3 Å². The minimum Gasteiger partial charge on any atom is -0.388 e. The van der Waals surface area contributed by atoms with Crippen molar-refractivity contribution in [2.45, 2.75) is 25.1 Å². The second-order valence-electron chi connectivity index (χ2n) is 6.17. The molecule has 1 aliphatic heterocycles. The SMILES string of the molecule is N#Cc1ccc(CN2CCOCC2CC(O)c2ccccc2)cc1. The van der Waals surface area contributed by atoms with E-state index in [1.807, 2.05) is 54.6 Å². The number of rotatable bonds is 5. The molecule has 0 radical (unpaired) electrons. The molecule has 4 heteroatoms. The molecule has 0 spiro atoms. The first-order chi connectivity index (χ1) is 11.8. The van der Waals surface area contributed by atoms with Gasteiger partial charge in [-0.2, -0.15) is 5.26 Å². The number of benzene rings is 2. The first-order valence-corrected chi connectivity index (χ1v) is 8.30. The van der Waals surface area contributed by atoms with Crippen LogP contribution in [0.3, 0.4) is 0 Å². The summed E-state index contributed by atoms with van der Waals surface area (Å²) in [6, 6.07) is 19.8. The predicted molar refractivity (Wildman–Crippen MR) is 92.2 cm³/mol. The Morgan fingerprint density at radius 2 is 1.92 bits per heavy atom. The maximum Gasteiger partial charge on any atom is 0.0991 e. The fourth-order valence-corrected chi connectivity index (χ4v) is 3.10. The molecule has 1 N–H and O–H groups in total. The molecule has 1 aliphatic rings. The van der Waals surface area contributed by atoms with Crippen molar-refractivity contribution in [1.29, 1.82) is 5.26 Å². The Morgan fingerprint density at radius 3 is 2.62 bits per heavy atom. The van der Waals surface area contributed by atoms with Crippen LogP contribution in [-0.4, -0.2) is 35.8 Å². The lowest BCUT2D eigenvalue weighted by Gasteiger charge is -2.36. The molecule has 124 valence electrons. The summed E-state index contributed by atoms with van der Waals surface area (Å²) in [5, 5.41) is 19.4. The second-order valence-corrected chi connectivity index (χ2v) is 6.17. The van der Waals surface area contributed by atoms with E-state index in [0.29, 0.717) is 25.2 Å². The molecule has 0 aliphatic carbocycles. The molecule has 2 aromatic rings. The van der Waals surface area contributed by atoms with Crippen molar-refractivity contribution in [3.63, 3.8) is 0 Å². The molecule has 2 unspecified atom stereocenters. The first kappa shape index (κ1) is 16.7. The van der Waals surface area contributed by atoms with Crippen LogP contribution >= 0.6 is 0 Å². The molecule has 0 amide bonds. The number of nitrogens with zero attached hydrogens (tertiary/aromatic N) is 2. The molecule has 1 saturated heterocycles. The zero-order chi connectivity index (χ0) is 16.8. The van der Waals surface area contributed by atoms with Gasteiger partial charge in [0.2, 0.25) is 0 Å². The van der Waals surface area contributed by atoms with Gasteiger partial charge in [-0.05, 0) is 29.7 Å². The normalized spacial score (nSPS) is 19.6. The van der Waals surface area contributed by atoms with Crippen molar-refractivity contribution >= 4 is 0 Å². The third-order valence-electron chi connectivity index (χ3n) is 4.50. The lowest BCUT2D eigenvalue weighted by molar-refractivity contribution is -0.0300. The van der Waals surface area contributed by atoms with Crippen LogP contribution in [0.25, 0.3) is 0 Å².